The number of nitrogens with zero attached hydrogens (tertiary/aromatic N) is 3. The Labute approximate surface area is 101 Å². The summed E-state index contributed by atoms with van der Waals surface area (Å²) in [5.74, 6) is 0.0672. The maximum absolute atomic E-state index is 11.3. The molecule has 0 amide bonds. The highest BCUT2D eigenvalue weighted by Gasteiger charge is 2.12. The molecule has 1 saturated heterocycles. The van der Waals surface area contributed by atoms with Crippen molar-refractivity contribution in [2.45, 2.75) is 13.3 Å². The van der Waals surface area contributed by atoms with Crippen molar-refractivity contribution in [1.29, 1.82) is 0 Å². The Hall–Kier alpha value is -1.20. The molecular weight excluding hydrogens is 218 g/mol. The van der Waals surface area contributed by atoms with Gasteiger partial charge in [-0.1, -0.05) is 0 Å². The van der Waals surface area contributed by atoms with Gasteiger partial charge >= 0.3 is 0 Å². The summed E-state index contributed by atoms with van der Waals surface area (Å²) < 4.78 is 6.96. The average molecular weight is 237 g/mol. The Balaban J connectivity index is 1.90. The van der Waals surface area contributed by atoms with Gasteiger partial charge in [-0.05, 0) is 6.07 Å². The van der Waals surface area contributed by atoms with Crippen LogP contribution >= 0.6 is 0 Å². The molecule has 17 heavy (non-hydrogen) atoms. The second-order valence-corrected chi connectivity index (χ2v) is 4.40. The standard InChI is InChI=1S/C12H19N3O2/c1-10(16)12-9-11(13-14(12)2)3-4-15-5-7-17-8-6-15/h9H,3-8H2,1-2H3. The van der Waals surface area contributed by atoms with E-state index in [0.29, 0.717) is 5.69 Å². The van der Waals surface area contributed by atoms with Gasteiger partial charge in [0.05, 0.1) is 18.9 Å². The molecule has 5 nitrogen and oxygen atoms in total. The Morgan fingerprint density at radius 1 is 1.47 bits per heavy atom. The number of hydrogen-bond acceptors (Lipinski definition) is 4. The van der Waals surface area contributed by atoms with Gasteiger partial charge in [-0.3, -0.25) is 14.4 Å². The monoisotopic (exact) mass is 237 g/mol. The third kappa shape index (κ3) is 3.14. The van der Waals surface area contributed by atoms with E-state index in [0.717, 1.165) is 45.0 Å². The quantitative estimate of drug-likeness (QED) is 0.715. The van der Waals surface area contributed by atoms with Crippen LogP contribution in [0.25, 0.3) is 0 Å². The van der Waals surface area contributed by atoms with Gasteiger partial charge in [0.25, 0.3) is 0 Å². The molecule has 1 aliphatic rings. The van der Waals surface area contributed by atoms with E-state index >= 15 is 0 Å². The number of carbonyl (C=O) groups is 1. The molecule has 2 rings (SSSR count). The van der Waals surface area contributed by atoms with E-state index in [4.69, 9.17) is 4.74 Å². The molecule has 0 radical (unpaired) electrons. The minimum absolute atomic E-state index is 0.0672. The van der Waals surface area contributed by atoms with Gasteiger partial charge < -0.3 is 4.74 Å². The molecule has 1 aromatic heterocycles. The first-order valence-electron chi connectivity index (χ1n) is 6.01. The second-order valence-electron chi connectivity index (χ2n) is 4.40. The molecule has 0 N–H and O–H groups in total. The van der Waals surface area contributed by atoms with Gasteiger partial charge in [-0.2, -0.15) is 5.10 Å². The molecule has 94 valence electrons. The topological polar surface area (TPSA) is 47.4 Å². The van der Waals surface area contributed by atoms with Crippen molar-refractivity contribution in [3.8, 4) is 0 Å². The molecule has 1 fully saturated rings. The van der Waals surface area contributed by atoms with Crippen LogP contribution in [0.15, 0.2) is 6.07 Å². The van der Waals surface area contributed by atoms with Crippen LogP contribution in [0.2, 0.25) is 0 Å². The van der Waals surface area contributed by atoms with Gasteiger partial charge in [-0.15, -0.1) is 0 Å². The van der Waals surface area contributed by atoms with Crippen molar-refractivity contribution in [3.05, 3.63) is 17.5 Å². The van der Waals surface area contributed by atoms with Gasteiger partial charge in [-0.25, -0.2) is 0 Å². The maximum Gasteiger partial charge on any atom is 0.177 e. The van der Waals surface area contributed by atoms with Crippen LogP contribution in [-0.2, 0) is 18.2 Å². The molecule has 5 heteroatoms. The number of aryl methyl sites for hydroxylation is 1. The van der Waals surface area contributed by atoms with Crippen LogP contribution in [0.4, 0.5) is 0 Å². The minimum atomic E-state index is 0.0672. The fraction of sp³-hybridized carbons (Fsp3) is 0.667. The summed E-state index contributed by atoms with van der Waals surface area (Å²) in [5.41, 5.74) is 1.67. The van der Waals surface area contributed by atoms with Crippen molar-refractivity contribution in [3.63, 3.8) is 0 Å². The zero-order chi connectivity index (χ0) is 12.3. The first kappa shape index (κ1) is 12.3. The summed E-state index contributed by atoms with van der Waals surface area (Å²) in [4.78, 5) is 13.7. The Morgan fingerprint density at radius 3 is 2.76 bits per heavy atom. The fourth-order valence-electron chi connectivity index (χ4n) is 2.08. The molecule has 2 heterocycles. The summed E-state index contributed by atoms with van der Waals surface area (Å²) in [6.45, 7) is 6.18. The van der Waals surface area contributed by atoms with Gasteiger partial charge in [0, 0.05) is 40.0 Å². The summed E-state index contributed by atoms with van der Waals surface area (Å²) in [6, 6.07) is 1.89. The van der Waals surface area contributed by atoms with Crippen molar-refractivity contribution in [2.24, 2.45) is 7.05 Å². The molecule has 0 atom stereocenters. The lowest BCUT2D eigenvalue weighted by atomic mass is 10.2. The molecule has 0 aliphatic carbocycles. The number of rotatable bonds is 4. The molecule has 0 aromatic carbocycles. The first-order valence-corrected chi connectivity index (χ1v) is 6.01. The number of ether oxygens (including phenoxy) is 1. The van der Waals surface area contributed by atoms with E-state index in [-0.39, 0.29) is 5.78 Å². The Morgan fingerprint density at radius 2 is 2.18 bits per heavy atom. The molecule has 0 saturated carbocycles. The third-order valence-electron chi connectivity index (χ3n) is 3.08. The van der Waals surface area contributed by atoms with Crippen molar-refractivity contribution in [2.75, 3.05) is 32.8 Å². The highest BCUT2D eigenvalue weighted by molar-refractivity contribution is 5.92. The SMILES string of the molecule is CC(=O)c1cc(CCN2CCOCC2)nn1C. The smallest absolute Gasteiger partial charge is 0.177 e. The lowest BCUT2D eigenvalue weighted by Gasteiger charge is -2.26. The molecule has 1 aromatic rings. The van der Waals surface area contributed by atoms with Crippen LogP contribution in [0, 0.1) is 0 Å². The van der Waals surface area contributed by atoms with E-state index in [1.807, 2.05) is 13.1 Å². The van der Waals surface area contributed by atoms with E-state index in [2.05, 4.69) is 10.00 Å². The van der Waals surface area contributed by atoms with Crippen molar-refractivity contribution < 1.29 is 9.53 Å². The average Bonchev–Trinajstić information content (AvgIpc) is 2.69. The van der Waals surface area contributed by atoms with Gasteiger partial charge in [0.15, 0.2) is 5.78 Å². The predicted octanol–water partition coefficient (Wildman–Crippen LogP) is 0.497. The van der Waals surface area contributed by atoms with Crippen LogP contribution in [0.3, 0.4) is 0 Å². The first-order chi connectivity index (χ1) is 8.16. The second kappa shape index (κ2) is 5.42. The molecule has 1 aliphatic heterocycles. The van der Waals surface area contributed by atoms with Crippen molar-refractivity contribution >= 4 is 5.78 Å². The highest BCUT2D eigenvalue weighted by atomic mass is 16.5. The molecule has 0 spiro atoms. The number of Topliss-reactive ketones (excluding diaryl/α,β-unsaturated/α-hetero) is 1. The zero-order valence-electron chi connectivity index (χ0n) is 10.5. The van der Waals surface area contributed by atoms with Gasteiger partial charge in [0.1, 0.15) is 5.69 Å². The van der Waals surface area contributed by atoms with E-state index in [1.54, 1.807) is 11.6 Å². The number of ketones is 1. The summed E-state index contributed by atoms with van der Waals surface area (Å²) in [7, 11) is 1.81. The number of morpholine rings is 1. The molecule has 0 unspecified atom stereocenters. The Kier molecular flexibility index (Phi) is 3.91. The highest BCUT2D eigenvalue weighted by Crippen LogP contribution is 2.06. The van der Waals surface area contributed by atoms with Crippen LogP contribution in [0.1, 0.15) is 23.1 Å². The maximum atomic E-state index is 11.3. The Bertz CT molecular complexity index is 394. The lowest BCUT2D eigenvalue weighted by molar-refractivity contribution is 0.0383. The summed E-state index contributed by atoms with van der Waals surface area (Å²) in [6.07, 6.45) is 0.890. The minimum Gasteiger partial charge on any atom is -0.379 e. The predicted molar refractivity (Wildman–Crippen MR) is 64.2 cm³/mol. The lowest BCUT2D eigenvalue weighted by Crippen LogP contribution is -2.37. The molecule has 0 bridgehead atoms. The number of carbonyl (C=O) groups excluding carboxylic acids is 1. The van der Waals surface area contributed by atoms with E-state index in [1.165, 1.54) is 0 Å². The van der Waals surface area contributed by atoms with Crippen LogP contribution in [-0.4, -0.2) is 53.3 Å². The normalized spacial score (nSPS) is 17.3. The zero-order valence-corrected chi connectivity index (χ0v) is 10.5. The van der Waals surface area contributed by atoms with E-state index < -0.39 is 0 Å². The number of aromatic nitrogens is 2. The largest absolute Gasteiger partial charge is 0.379 e. The van der Waals surface area contributed by atoms with E-state index in [9.17, 15) is 4.79 Å². The van der Waals surface area contributed by atoms with Crippen LogP contribution < -0.4 is 0 Å². The third-order valence-corrected chi connectivity index (χ3v) is 3.08. The van der Waals surface area contributed by atoms with Crippen molar-refractivity contribution in [1.82, 2.24) is 14.7 Å². The van der Waals surface area contributed by atoms with Crippen LogP contribution in [0.5, 0.6) is 0 Å². The number of hydrogen-bond donors (Lipinski definition) is 0. The summed E-state index contributed by atoms with van der Waals surface area (Å²) in [5, 5.41) is 4.35. The summed E-state index contributed by atoms with van der Waals surface area (Å²) >= 11 is 0. The van der Waals surface area contributed by atoms with Gasteiger partial charge in [0.2, 0.25) is 0 Å². The fourth-order valence-corrected chi connectivity index (χ4v) is 2.08. The molecular formula is C12H19N3O2.